The molecule has 0 bridgehead atoms. The van der Waals surface area contributed by atoms with Gasteiger partial charge >= 0.3 is 0 Å². The highest BCUT2D eigenvalue weighted by atomic mass is 15.0. The molecule has 0 radical (unpaired) electrons. The summed E-state index contributed by atoms with van der Waals surface area (Å²) in [5.74, 6) is 3.04. The van der Waals surface area contributed by atoms with Gasteiger partial charge in [0.1, 0.15) is 5.82 Å². The summed E-state index contributed by atoms with van der Waals surface area (Å²) in [4.78, 5) is 4.26. The Kier molecular flexibility index (Phi) is 1.54. The molecule has 2 fully saturated rings. The smallest absolute Gasteiger partial charge is 0.126 e. The number of nitrogens with one attached hydrogen (secondary N) is 1. The molecule has 1 heterocycles. The van der Waals surface area contributed by atoms with Gasteiger partial charge in [-0.3, -0.25) is 0 Å². The second kappa shape index (κ2) is 2.72. The molecule has 1 N–H and O–H groups in total. The monoisotopic (exact) mass is 174 g/mol. The molecule has 2 aliphatic rings. The van der Waals surface area contributed by atoms with Crippen LogP contribution >= 0.6 is 0 Å². The summed E-state index contributed by atoms with van der Waals surface area (Å²) in [5, 5.41) is 3.48. The van der Waals surface area contributed by atoms with E-state index >= 15 is 0 Å². The van der Waals surface area contributed by atoms with Gasteiger partial charge in [-0.05, 0) is 43.2 Å². The lowest BCUT2D eigenvalue weighted by molar-refractivity contribution is 0.697. The van der Waals surface area contributed by atoms with Gasteiger partial charge in [-0.2, -0.15) is 0 Å². The maximum atomic E-state index is 4.26. The van der Waals surface area contributed by atoms with Crippen molar-refractivity contribution in [3.63, 3.8) is 0 Å². The summed E-state index contributed by atoms with van der Waals surface area (Å²) < 4.78 is 0. The van der Waals surface area contributed by atoms with Crippen LogP contribution in [0.5, 0.6) is 0 Å². The highest BCUT2D eigenvalue weighted by Crippen LogP contribution is 2.50. The largest absolute Gasteiger partial charge is 0.367 e. The third-order valence-electron chi connectivity index (χ3n) is 3.07. The van der Waals surface area contributed by atoms with E-state index in [0.717, 1.165) is 23.7 Å². The molecule has 2 nitrogen and oxygen atoms in total. The lowest BCUT2D eigenvalue weighted by Gasteiger charge is -2.02. The fourth-order valence-corrected chi connectivity index (χ4v) is 2.06. The van der Waals surface area contributed by atoms with Crippen molar-refractivity contribution in [1.29, 1.82) is 0 Å². The first-order valence-electron chi connectivity index (χ1n) is 5.11. The third-order valence-corrected chi connectivity index (χ3v) is 3.07. The van der Waals surface area contributed by atoms with E-state index in [1.165, 1.54) is 19.3 Å². The van der Waals surface area contributed by atoms with Crippen molar-refractivity contribution in [3.8, 4) is 0 Å². The van der Waals surface area contributed by atoms with E-state index in [9.17, 15) is 0 Å². The summed E-state index contributed by atoms with van der Waals surface area (Å²) in [5.41, 5.74) is 0. The molecule has 2 saturated carbocycles. The van der Waals surface area contributed by atoms with Crippen molar-refractivity contribution in [2.24, 2.45) is 11.8 Å². The zero-order valence-electron chi connectivity index (χ0n) is 7.61. The van der Waals surface area contributed by atoms with Crippen molar-refractivity contribution >= 4 is 5.82 Å². The zero-order chi connectivity index (χ0) is 8.67. The Morgan fingerprint density at radius 2 is 2.23 bits per heavy atom. The zero-order valence-corrected chi connectivity index (χ0v) is 7.61. The highest BCUT2D eigenvalue weighted by Gasteiger charge is 2.47. The van der Waals surface area contributed by atoms with Crippen molar-refractivity contribution < 1.29 is 0 Å². The van der Waals surface area contributed by atoms with Crippen LogP contribution in [-0.2, 0) is 0 Å². The first-order valence-corrected chi connectivity index (χ1v) is 5.11. The molecular formula is C11H14N2. The SMILES string of the molecule is c1ccc(NC2CC2C2CC2)nc1. The van der Waals surface area contributed by atoms with Crippen LogP contribution in [0.15, 0.2) is 24.4 Å². The molecule has 2 aliphatic carbocycles. The summed E-state index contributed by atoms with van der Waals surface area (Å²) in [6.07, 6.45) is 6.13. The van der Waals surface area contributed by atoms with Crippen molar-refractivity contribution in [2.45, 2.75) is 25.3 Å². The predicted octanol–water partition coefficient (Wildman–Crippen LogP) is 2.29. The molecule has 0 spiro atoms. The van der Waals surface area contributed by atoms with Gasteiger partial charge in [0.2, 0.25) is 0 Å². The van der Waals surface area contributed by atoms with Gasteiger partial charge in [0.25, 0.3) is 0 Å². The van der Waals surface area contributed by atoms with E-state index < -0.39 is 0 Å². The Morgan fingerprint density at radius 1 is 1.31 bits per heavy atom. The van der Waals surface area contributed by atoms with Crippen LogP contribution in [0.2, 0.25) is 0 Å². The molecule has 0 saturated heterocycles. The van der Waals surface area contributed by atoms with Gasteiger partial charge in [0, 0.05) is 12.2 Å². The van der Waals surface area contributed by atoms with Crippen LogP contribution in [0.3, 0.4) is 0 Å². The molecular weight excluding hydrogens is 160 g/mol. The molecule has 2 unspecified atom stereocenters. The number of aromatic nitrogens is 1. The van der Waals surface area contributed by atoms with E-state index in [4.69, 9.17) is 0 Å². The van der Waals surface area contributed by atoms with Gasteiger partial charge in [0.05, 0.1) is 0 Å². The molecule has 1 aromatic heterocycles. The summed E-state index contributed by atoms with van der Waals surface area (Å²) in [7, 11) is 0. The average molecular weight is 174 g/mol. The van der Waals surface area contributed by atoms with Crippen LogP contribution in [0.4, 0.5) is 5.82 Å². The normalized spacial score (nSPS) is 31.4. The topological polar surface area (TPSA) is 24.9 Å². The molecule has 13 heavy (non-hydrogen) atoms. The third kappa shape index (κ3) is 1.53. The van der Waals surface area contributed by atoms with Gasteiger partial charge in [-0.1, -0.05) is 6.07 Å². The van der Waals surface area contributed by atoms with E-state index in [0.29, 0.717) is 0 Å². The maximum absolute atomic E-state index is 4.26. The molecule has 2 atom stereocenters. The van der Waals surface area contributed by atoms with Crippen molar-refractivity contribution in [1.82, 2.24) is 4.98 Å². The molecule has 3 rings (SSSR count). The predicted molar refractivity (Wildman–Crippen MR) is 52.5 cm³/mol. The second-order valence-electron chi connectivity index (χ2n) is 4.20. The van der Waals surface area contributed by atoms with E-state index in [2.05, 4.69) is 10.3 Å². The Labute approximate surface area is 78.4 Å². The maximum Gasteiger partial charge on any atom is 0.126 e. The van der Waals surface area contributed by atoms with Gasteiger partial charge < -0.3 is 5.32 Å². The number of hydrogen-bond acceptors (Lipinski definition) is 2. The lowest BCUT2D eigenvalue weighted by atomic mass is 10.3. The molecule has 68 valence electrons. The number of hydrogen-bond donors (Lipinski definition) is 1. The first-order chi connectivity index (χ1) is 6.43. The number of nitrogens with zero attached hydrogens (tertiary/aromatic N) is 1. The Balaban J connectivity index is 1.59. The van der Waals surface area contributed by atoms with E-state index in [-0.39, 0.29) is 0 Å². The first kappa shape index (κ1) is 7.36. The quantitative estimate of drug-likeness (QED) is 0.760. The van der Waals surface area contributed by atoms with Crippen LogP contribution in [-0.4, -0.2) is 11.0 Å². The molecule has 0 amide bonds. The fraction of sp³-hybridized carbons (Fsp3) is 0.545. The molecule has 0 aromatic carbocycles. The van der Waals surface area contributed by atoms with Gasteiger partial charge in [-0.15, -0.1) is 0 Å². The Bertz CT molecular complexity index is 292. The summed E-state index contributed by atoms with van der Waals surface area (Å²) in [6.45, 7) is 0. The second-order valence-corrected chi connectivity index (χ2v) is 4.20. The minimum absolute atomic E-state index is 0.724. The van der Waals surface area contributed by atoms with Gasteiger partial charge in [0.15, 0.2) is 0 Å². The van der Waals surface area contributed by atoms with Crippen LogP contribution in [0.1, 0.15) is 19.3 Å². The Hall–Kier alpha value is -1.05. The Morgan fingerprint density at radius 3 is 2.92 bits per heavy atom. The molecule has 1 aromatic rings. The molecule has 2 heteroatoms. The van der Waals surface area contributed by atoms with Gasteiger partial charge in [-0.25, -0.2) is 4.98 Å². The van der Waals surface area contributed by atoms with Crippen molar-refractivity contribution in [2.75, 3.05) is 5.32 Å². The lowest BCUT2D eigenvalue weighted by Crippen LogP contribution is -2.06. The van der Waals surface area contributed by atoms with Crippen LogP contribution < -0.4 is 5.32 Å². The van der Waals surface area contributed by atoms with E-state index in [1.807, 2.05) is 24.4 Å². The van der Waals surface area contributed by atoms with E-state index in [1.54, 1.807) is 0 Å². The average Bonchev–Trinajstić information content (AvgIpc) is 2.99. The van der Waals surface area contributed by atoms with Crippen LogP contribution in [0.25, 0.3) is 0 Å². The molecule has 0 aliphatic heterocycles. The fourth-order valence-electron chi connectivity index (χ4n) is 2.06. The number of rotatable bonds is 3. The summed E-state index contributed by atoms with van der Waals surface area (Å²) in [6, 6.07) is 6.75. The highest BCUT2D eigenvalue weighted by molar-refractivity contribution is 5.37. The minimum Gasteiger partial charge on any atom is -0.367 e. The standard InChI is InChI=1S/C11H14N2/c1-2-6-12-11(3-1)13-10-7-9(10)8-4-5-8/h1-3,6,8-10H,4-5,7H2,(H,12,13). The number of pyridine rings is 1. The number of anilines is 1. The van der Waals surface area contributed by atoms with Crippen molar-refractivity contribution in [3.05, 3.63) is 24.4 Å². The van der Waals surface area contributed by atoms with Crippen LogP contribution in [0, 0.1) is 11.8 Å². The minimum atomic E-state index is 0.724. The summed E-state index contributed by atoms with van der Waals surface area (Å²) >= 11 is 0.